The van der Waals surface area contributed by atoms with Gasteiger partial charge in [0, 0.05) is 18.6 Å². The molecule has 2 N–H and O–H groups in total. The smallest absolute Gasteiger partial charge is 0.251 e. The van der Waals surface area contributed by atoms with E-state index in [1.54, 1.807) is 0 Å². The van der Waals surface area contributed by atoms with E-state index >= 15 is 0 Å². The van der Waals surface area contributed by atoms with Crippen LogP contribution < -0.4 is 5.73 Å². The first-order valence-electron chi connectivity index (χ1n) is 3.96. The van der Waals surface area contributed by atoms with Crippen molar-refractivity contribution in [2.45, 2.75) is 24.9 Å². The zero-order valence-electron chi connectivity index (χ0n) is 6.21. The van der Waals surface area contributed by atoms with Crippen molar-refractivity contribution in [3.63, 3.8) is 0 Å². The third kappa shape index (κ3) is 1.05. The van der Waals surface area contributed by atoms with Crippen LogP contribution in [-0.4, -0.2) is 36.5 Å². The first-order chi connectivity index (χ1) is 5.18. The highest BCUT2D eigenvalue weighted by Gasteiger charge is 2.50. The Balaban J connectivity index is 1.89. The fourth-order valence-electron chi connectivity index (χ4n) is 2.16. The Kier molecular flexibility index (Phi) is 1.61. The summed E-state index contributed by atoms with van der Waals surface area (Å²) < 4.78 is 23.8. The summed E-state index contributed by atoms with van der Waals surface area (Å²) in [5, 5.41) is 0. The molecule has 4 heteroatoms. The third-order valence-corrected chi connectivity index (χ3v) is 2.84. The van der Waals surface area contributed by atoms with Crippen molar-refractivity contribution in [3.8, 4) is 0 Å². The largest absolute Gasteiger partial charge is 0.326 e. The van der Waals surface area contributed by atoms with E-state index in [9.17, 15) is 8.78 Å². The molecule has 2 nitrogen and oxygen atoms in total. The van der Waals surface area contributed by atoms with E-state index in [-0.39, 0.29) is 18.6 Å². The van der Waals surface area contributed by atoms with Gasteiger partial charge in [0.25, 0.3) is 6.43 Å². The maximum absolute atomic E-state index is 11.9. The molecular weight excluding hydrogens is 150 g/mol. The molecule has 3 unspecified atom stereocenters. The van der Waals surface area contributed by atoms with Crippen LogP contribution in [0.5, 0.6) is 0 Å². The summed E-state index contributed by atoms with van der Waals surface area (Å²) in [6.45, 7) is 0.699. The molecule has 0 radical (unpaired) electrons. The lowest BCUT2D eigenvalue weighted by molar-refractivity contribution is 0.0826. The lowest BCUT2D eigenvalue weighted by Gasteiger charge is -2.33. The van der Waals surface area contributed by atoms with Gasteiger partial charge in [0.1, 0.15) is 0 Å². The van der Waals surface area contributed by atoms with Crippen molar-refractivity contribution in [2.24, 2.45) is 11.7 Å². The minimum absolute atomic E-state index is 0.0884. The lowest BCUT2D eigenvalue weighted by atomic mass is 9.81. The lowest BCUT2D eigenvalue weighted by Crippen LogP contribution is -2.50. The SMILES string of the molecule is NC1C2CC1N(CC(F)F)C2. The Labute approximate surface area is 64.3 Å². The zero-order valence-corrected chi connectivity index (χ0v) is 6.21. The van der Waals surface area contributed by atoms with Crippen LogP contribution in [0.2, 0.25) is 0 Å². The fraction of sp³-hybridized carbons (Fsp3) is 1.00. The molecule has 2 heterocycles. The number of alkyl halides is 2. The molecule has 2 saturated heterocycles. The first-order valence-corrected chi connectivity index (χ1v) is 3.96. The van der Waals surface area contributed by atoms with Gasteiger partial charge in [-0.15, -0.1) is 0 Å². The van der Waals surface area contributed by atoms with Gasteiger partial charge in [0.05, 0.1) is 6.54 Å². The predicted octanol–water partition coefficient (Wildman–Crippen LogP) is 0.283. The second kappa shape index (κ2) is 2.38. The zero-order chi connectivity index (χ0) is 8.01. The van der Waals surface area contributed by atoms with Crippen LogP contribution in [0.15, 0.2) is 0 Å². The first kappa shape index (κ1) is 7.43. The Morgan fingerprint density at radius 2 is 2.27 bits per heavy atom. The van der Waals surface area contributed by atoms with Gasteiger partial charge < -0.3 is 5.73 Å². The van der Waals surface area contributed by atoms with Crippen molar-refractivity contribution >= 4 is 0 Å². The number of nitrogens with zero attached hydrogens (tertiary/aromatic N) is 1. The second-order valence-corrected chi connectivity index (χ2v) is 3.49. The van der Waals surface area contributed by atoms with E-state index in [2.05, 4.69) is 0 Å². The van der Waals surface area contributed by atoms with Gasteiger partial charge in [0.15, 0.2) is 0 Å². The fourth-order valence-corrected chi connectivity index (χ4v) is 2.16. The van der Waals surface area contributed by atoms with Crippen LogP contribution in [0.25, 0.3) is 0 Å². The van der Waals surface area contributed by atoms with Gasteiger partial charge in [-0.05, 0) is 12.3 Å². The van der Waals surface area contributed by atoms with Crippen LogP contribution in [0.4, 0.5) is 8.78 Å². The molecule has 3 atom stereocenters. The quantitative estimate of drug-likeness (QED) is 0.632. The van der Waals surface area contributed by atoms with Crippen molar-refractivity contribution < 1.29 is 8.78 Å². The summed E-state index contributed by atoms with van der Waals surface area (Å²) >= 11 is 0. The van der Waals surface area contributed by atoms with Crippen LogP contribution in [-0.2, 0) is 0 Å². The number of hydrogen-bond acceptors (Lipinski definition) is 2. The third-order valence-electron chi connectivity index (χ3n) is 2.84. The number of halogens is 2. The molecule has 0 aromatic carbocycles. The van der Waals surface area contributed by atoms with E-state index in [1.807, 2.05) is 4.90 Å². The number of nitrogens with two attached hydrogens (primary N) is 1. The standard InChI is InChI=1S/C7H12F2N2/c8-6(9)3-11-2-4-1-5(11)7(4)10/h4-7H,1-3,10H2. The molecule has 2 bridgehead atoms. The van der Waals surface area contributed by atoms with Gasteiger partial charge in [-0.25, -0.2) is 8.78 Å². The highest BCUT2D eigenvalue weighted by atomic mass is 19.3. The van der Waals surface area contributed by atoms with Crippen molar-refractivity contribution in [1.29, 1.82) is 0 Å². The molecule has 3 fully saturated rings. The molecule has 0 spiro atoms. The van der Waals surface area contributed by atoms with Crippen molar-refractivity contribution in [3.05, 3.63) is 0 Å². The summed E-state index contributed by atoms with van der Waals surface area (Å²) in [6.07, 6.45) is -1.17. The topological polar surface area (TPSA) is 29.3 Å². The molecule has 1 aliphatic carbocycles. The molecule has 3 aliphatic rings. The van der Waals surface area contributed by atoms with Gasteiger partial charge in [0.2, 0.25) is 0 Å². The van der Waals surface area contributed by atoms with Gasteiger partial charge in [-0.2, -0.15) is 0 Å². The maximum atomic E-state index is 11.9. The van der Waals surface area contributed by atoms with Gasteiger partial charge >= 0.3 is 0 Å². The van der Waals surface area contributed by atoms with Crippen molar-refractivity contribution in [1.82, 2.24) is 4.90 Å². The number of rotatable bonds is 2. The Morgan fingerprint density at radius 1 is 1.55 bits per heavy atom. The average molecular weight is 162 g/mol. The molecule has 11 heavy (non-hydrogen) atoms. The van der Waals surface area contributed by atoms with Gasteiger partial charge in [-0.1, -0.05) is 0 Å². The van der Waals surface area contributed by atoms with E-state index < -0.39 is 6.43 Å². The van der Waals surface area contributed by atoms with E-state index in [0.29, 0.717) is 5.92 Å². The molecule has 0 aromatic heterocycles. The van der Waals surface area contributed by atoms with E-state index in [0.717, 1.165) is 13.0 Å². The predicted molar refractivity (Wildman–Crippen MR) is 37.4 cm³/mol. The van der Waals surface area contributed by atoms with Crippen LogP contribution >= 0.6 is 0 Å². The summed E-state index contributed by atoms with van der Waals surface area (Å²) in [5.41, 5.74) is 5.71. The van der Waals surface area contributed by atoms with Crippen LogP contribution in [0.1, 0.15) is 6.42 Å². The summed E-state index contributed by atoms with van der Waals surface area (Å²) in [6, 6.07) is 0.433. The summed E-state index contributed by atoms with van der Waals surface area (Å²) in [4.78, 5) is 1.82. The van der Waals surface area contributed by atoms with Crippen molar-refractivity contribution in [2.75, 3.05) is 13.1 Å². The van der Waals surface area contributed by atoms with E-state index in [4.69, 9.17) is 5.73 Å². The monoisotopic (exact) mass is 162 g/mol. The average Bonchev–Trinajstić information content (AvgIpc) is 2.41. The summed E-state index contributed by atoms with van der Waals surface area (Å²) in [5.74, 6) is 0.499. The molecular formula is C7H12F2N2. The molecule has 0 aromatic rings. The van der Waals surface area contributed by atoms with Crippen LogP contribution in [0.3, 0.4) is 0 Å². The molecule has 3 rings (SSSR count). The maximum Gasteiger partial charge on any atom is 0.251 e. The Morgan fingerprint density at radius 3 is 2.64 bits per heavy atom. The minimum atomic E-state index is -2.21. The molecule has 1 saturated carbocycles. The van der Waals surface area contributed by atoms with Gasteiger partial charge in [-0.3, -0.25) is 4.90 Å². The normalized spacial score (nSPS) is 43.1. The highest BCUT2D eigenvalue weighted by Crippen LogP contribution is 2.39. The van der Waals surface area contributed by atoms with Crippen LogP contribution in [0, 0.1) is 5.92 Å². The minimum Gasteiger partial charge on any atom is -0.326 e. The Hall–Kier alpha value is -0.220. The number of fused-ring (bicyclic) bond motifs is 1. The second-order valence-electron chi connectivity index (χ2n) is 3.49. The molecule has 0 amide bonds. The number of hydrogen-bond donors (Lipinski definition) is 1. The Bertz CT molecular complexity index is 163. The summed E-state index contributed by atoms with van der Waals surface area (Å²) in [7, 11) is 0. The molecule has 2 aliphatic heterocycles. The highest BCUT2D eigenvalue weighted by molar-refractivity contribution is 5.07. The van der Waals surface area contributed by atoms with E-state index in [1.165, 1.54) is 0 Å². The molecule has 64 valence electrons.